The standard InChI is InChI=1S/C10H14Cl2O/c1-9(2,13)7-10(12)6-4-3-5-8(10)11/h3-6,8,13H,7H2,1-2H3. The van der Waals surface area contributed by atoms with Crippen molar-refractivity contribution in [3.8, 4) is 0 Å². The van der Waals surface area contributed by atoms with Gasteiger partial charge in [0.2, 0.25) is 0 Å². The molecule has 1 aliphatic rings. The maximum absolute atomic E-state index is 9.65. The molecule has 1 rings (SSSR count). The van der Waals surface area contributed by atoms with Crippen LogP contribution in [0, 0.1) is 0 Å². The molecule has 0 heterocycles. The van der Waals surface area contributed by atoms with Crippen LogP contribution in [0.3, 0.4) is 0 Å². The summed E-state index contributed by atoms with van der Waals surface area (Å²) in [5, 5.41) is 9.39. The molecule has 0 aromatic carbocycles. The quantitative estimate of drug-likeness (QED) is 0.711. The van der Waals surface area contributed by atoms with Crippen molar-refractivity contribution in [2.75, 3.05) is 0 Å². The first-order valence-corrected chi connectivity index (χ1v) is 5.06. The van der Waals surface area contributed by atoms with Gasteiger partial charge in [-0.3, -0.25) is 0 Å². The molecule has 2 atom stereocenters. The highest BCUT2D eigenvalue weighted by molar-refractivity contribution is 6.34. The topological polar surface area (TPSA) is 20.2 Å². The second kappa shape index (κ2) is 3.64. The zero-order valence-corrected chi connectivity index (χ0v) is 9.31. The Morgan fingerprint density at radius 3 is 2.54 bits per heavy atom. The van der Waals surface area contributed by atoms with E-state index in [1.54, 1.807) is 13.8 Å². The number of hydrogen-bond donors (Lipinski definition) is 1. The summed E-state index contributed by atoms with van der Waals surface area (Å²) in [5.74, 6) is 0. The van der Waals surface area contributed by atoms with Crippen LogP contribution in [-0.2, 0) is 0 Å². The van der Waals surface area contributed by atoms with Gasteiger partial charge in [0.1, 0.15) is 0 Å². The summed E-state index contributed by atoms with van der Waals surface area (Å²) in [6.07, 6.45) is 7.83. The molecule has 0 bridgehead atoms. The molecule has 0 amide bonds. The van der Waals surface area contributed by atoms with Gasteiger partial charge in [-0.15, -0.1) is 23.2 Å². The fourth-order valence-electron chi connectivity index (χ4n) is 1.45. The van der Waals surface area contributed by atoms with Gasteiger partial charge < -0.3 is 5.11 Å². The average molecular weight is 221 g/mol. The van der Waals surface area contributed by atoms with Gasteiger partial charge in [0, 0.05) is 6.42 Å². The highest BCUT2D eigenvalue weighted by Gasteiger charge is 2.37. The minimum absolute atomic E-state index is 0.259. The monoisotopic (exact) mass is 220 g/mol. The van der Waals surface area contributed by atoms with Gasteiger partial charge in [-0.2, -0.15) is 0 Å². The van der Waals surface area contributed by atoms with Crippen LogP contribution in [-0.4, -0.2) is 21.0 Å². The van der Waals surface area contributed by atoms with E-state index in [4.69, 9.17) is 23.2 Å². The van der Waals surface area contributed by atoms with Crippen molar-refractivity contribution in [2.24, 2.45) is 0 Å². The molecule has 1 aliphatic carbocycles. The molecule has 0 fully saturated rings. The van der Waals surface area contributed by atoms with E-state index < -0.39 is 10.5 Å². The Morgan fingerprint density at radius 2 is 2.08 bits per heavy atom. The molecule has 0 spiro atoms. The number of rotatable bonds is 2. The molecule has 0 aromatic rings. The van der Waals surface area contributed by atoms with Crippen LogP contribution in [0.25, 0.3) is 0 Å². The molecule has 13 heavy (non-hydrogen) atoms. The maximum Gasteiger partial charge on any atom is 0.0854 e. The van der Waals surface area contributed by atoms with E-state index in [2.05, 4.69) is 0 Å². The summed E-state index contributed by atoms with van der Waals surface area (Å²) < 4.78 is 0. The number of halogens is 2. The minimum atomic E-state index is -0.801. The van der Waals surface area contributed by atoms with Crippen LogP contribution in [0.2, 0.25) is 0 Å². The van der Waals surface area contributed by atoms with Crippen molar-refractivity contribution in [3.05, 3.63) is 24.3 Å². The van der Waals surface area contributed by atoms with E-state index in [1.807, 2.05) is 24.3 Å². The van der Waals surface area contributed by atoms with E-state index in [-0.39, 0.29) is 5.38 Å². The largest absolute Gasteiger partial charge is 0.390 e. The van der Waals surface area contributed by atoms with Crippen molar-refractivity contribution < 1.29 is 5.11 Å². The Hall–Kier alpha value is 0.0200. The molecule has 0 aromatic heterocycles. The molecule has 1 nitrogen and oxygen atoms in total. The van der Waals surface area contributed by atoms with Crippen LogP contribution >= 0.6 is 23.2 Å². The Labute approximate surface area is 89.0 Å². The summed E-state index contributed by atoms with van der Waals surface area (Å²) in [7, 11) is 0. The molecular formula is C10H14Cl2O. The fraction of sp³-hybridized carbons (Fsp3) is 0.600. The lowest BCUT2D eigenvalue weighted by molar-refractivity contribution is 0.0635. The summed E-state index contributed by atoms with van der Waals surface area (Å²) in [6, 6.07) is 0. The Bertz CT molecular complexity index is 240. The highest BCUT2D eigenvalue weighted by atomic mass is 35.5. The molecule has 0 radical (unpaired) electrons. The van der Waals surface area contributed by atoms with Gasteiger partial charge in [-0.05, 0) is 13.8 Å². The summed E-state index contributed by atoms with van der Waals surface area (Å²) >= 11 is 12.3. The van der Waals surface area contributed by atoms with Crippen molar-refractivity contribution in [3.63, 3.8) is 0 Å². The number of aliphatic hydroxyl groups is 1. The lowest BCUT2D eigenvalue weighted by Gasteiger charge is -2.33. The van der Waals surface area contributed by atoms with Crippen LogP contribution < -0.4 is 0 Å². The Morgan fingerprint density at radius 1 is 1.46 bits per heavy atom. The van der Waals surface area contributed by atoms with E-state index >= 15 is 0 Å². The van der Waals surface area contributed by atoms with Gasteiger partial charge in [-0.25, -0.2) is 0 Å². The van der Waals surface area contributed by atoms with E-state index in [9.17, 15) is 5.11 Å². The lowest BCUT2D eigenvalue weighted by atomic mass is 9.87. The van der Waals surface area contributed by atoms with Gasteiger partial charge in [-0.1, -0.05) is 24.3 Å². The van der Waals surface area contributed by atoms with Crippen molar-refractivity contribution in [1.82, 2.24) is 0 Å². The molecule has 0 aliphatic heterocycles. The van der Waals surface area contributed by atoms with Crippen LogP contribution in [0.1, 0.15) is 20.3 Å². The first-order valence-electron chi connectivity index (χ1n) is 4.25. The smallest absolute Gasteiger partial charge is 0.0854 e. The summed E-state index contributed by atoms with van der Waals surface area (Å²) in [4.78, 5) is -0.658. The number of hydrogen-bond acceptors (Lipinski definition) is 1. The summed E-state index contributed by atoms with van der Waals surface area (Å²) in [5.41, 5.74) is -0.801. The van der Waals surface area contributed by atoms with Crippen molar-refractivity contribution >= 4 is 23.2 Å². The third kappa shape index (κ3) is 3.01. The lowest BCUT2D eigenvalue weighted by Crippen LogP contribution is -2.39. The van der Waals surface area contributed by atoms with Crippen molar-refractivity contribution in [2.45, 2.75) is 36.1 Å². The molecule has 3 heteroatoms. The van der Waals surface area contributed by atoms with Crippen LogP contribution in [0.4, 0.5) is 0 Å². The second-order valence-corrected chi connectivity index (χ2v) is 5.24. The zero-order chi connectivity index (χ0) is 10.1. The summed E-state index contributed by atoms with van der Waals surface area (Å²) in [6.45, 7) is 3.46. The number of alkyl halides is 2. The fourth-order valence-corrected chi connectivity index (χ4v) is 2.15. The first kappa shape index (κ1) is 11.1. The SMILES string of the molecule is CC(C)(O)CC1(Cl)C=CC=CC1Cl. The molecule has 0 saturated carbocycles. The minimum Gasteiger partial charge on any atom is -0.390 e. The van der Waals surface area contributed by atoms with Gasteiger partial charge in [0.05, 0.1) is 15.9 Å². The third-order valence-electron chi connectivity index (χ3n) is 1.93. The molecular weight excluding hydrogens is 207 g/mol. The molecule has 0 saturated heterocycles. The maximum atomic E-state index is 9.65. The zero-order valence-electron chi connectivity index (χ0n) is 7.80. The van der Waals surface area contributed by atoms with Gasteiger partial charge >= 0.3 is 0 Å². The Kier molecular flexibility index (Phi) is 3.11. The average Bonchev–Trinajstić information content (AvgIpc) is 1.92. The van der Waals surface area contributed by atoms with Gasteiger partial charge in [0.15, 0.2) is 0 Å². The number of allylic oxidation sites excluding steroid dienone is 4. The van der Waals surface area contributed by atoms with E-state index in [1.165, 1.54) is 0 Å². The van der Waals surface area contributed by atoms with E-state index in [0.717, 1.165) is 0 Å². The van der Waals surface area contributed by atoms with Crippen LogP contribution in [0.15, 0.2) is 24.3 Å². The van der Waals surface area contributed by atoms with Crippen molar-refractivity contribution in [1.29, 1.82) is 0 Å². The van der Waals surface area contributed by atoms with Crippen LogP contribution in [0.5, 0.6) is 0 Å². The highest BCUT2D eigenvalue weighted by Crippen LogP contribution is 2.37. The van der Waals surface area contributed by atoms with Gasteiger partial charge in [0.25, 0.3) is 0 Å². The molecule has 74 valence electrons. The predicted molar refractivity (Wildman–Crippen MR) is 57.4 cm³/mol. The Balaban J connectivity index is 2.76. The predicted octanol–water partition coefficient (Wildman–Crippen LogP) is 2.86. The third-order valence-corrected chi connectivity index (χ3v) is 3.07. The normalized spacial score (nSPS) is 33.8. The molecule has 2 unspecified atom stereocenters. The second-order valence-electron chi connectivity index (χ2n) is 4.06. The first-order chi connectivity index (χ1) is 5.83. The molecule has 1 N–H and O–H groups in total. The van der Waals surface area contributed by atoms with E-state index in [0.29, 0.717) is 6.42 Å².